The molecule has 0 bridgehead atoms. The highest BCUT2D eigenvalue weighted by molar-refractivity contribution is 6.34. The summed E-state index contributed by atoms with van der Waals surface area (Å²) < 4.78 is 0. The molecule has 0 aromatic heterocycles. The molecule has 0 heterocycles. The summed E-state index contributed by atoms with van der Waals surface area (Å²) in [5.41, 5.74) is 0.852. The van der Waals surface area contributed by atoms with E-state index < -0.39 is 5.97 Å². The third kappa shape index (κ3) is 3.13. The summed E-state index contributed by atoms with van der Waals surface area (Å²) in [6.07, 6.45) is 2.05. The van der Waals surface area contributed by atoms with E-state index in [1.807, 2.05) is 11.9 Å². The number of para-hydroxylation sites is 1. The summed E-state index contributed by atoms with van der Waals surface area (Å²) in [4.78, 5) is 13.1. The lowest BCUT2D eigenvalue weighted by Gasteiger charge is -2.28. The number of benzene rings is 1. The molecule has 94 valence electrons. The minimum Gasteiger partial charge on any atom is -0.478 e. The highest BCUT2D eigenvalue weighted by Gasteiger charge is 2.19. The van der Waals surface area contributed by atoms with E-state index in [-0.39, 0.29) is 11.6 Å². The quantitative estimate of drug-likeness (QED) is 0.873. The number of hydrogen-bond acceptors (Lipinski definition) is 2. The van der Waals surface area contributed by atoms with Gasteiger partial charge >= 0.3 is 5.97 Å². The molecule has 1 aromatic carbocycles. The van der Waals surface area contributed by atoms with Gasteiger partial charge in [-0.2, -0.15) is 0 Å². The molecule has 0 spiro atoms. The lowest BCUT2D eigenvalue weighted by atomic mass is 10.1. The molecule has 17 heavy (non-hydrogen) atoms. The number of carboxylic acid groups (broad SMARTS) is 1. The van der Waals surface area contributed by atoms with E-state index in [9.17, 15) is 4.79 Å². The first-order valence-electron chi connectivity index (χ1n) is 5.73. The Labute approximate surface area is 107 Å². The summed E-state index contributed by atoms with van der Waals surface area (Å²) >= 11 is 6.11. The number of aromatic carboxylic acids is 1. The molecule has 1 rings (SSSR count). The van der Waals surface area contributed by atoms with Crippen molar-refractivity contribution in [2.75, 3.05) is 11.9 Å². The molecule has 1 atom stereocenters. The van der Waals surface area contributed by atoms with E-state index in [1.54, 1.807) is 18.2 Å². The van der Waals surface area contributed by atoms with Gasteiger partial charge in [0.2, 0.25) is 0 Å². The van der Waals surface area contributed by atoms with Crippen LogP contribution in [0.4, 0.5) is 5.69 Å². The van der Waals surface area contributed by atoms with Crippen molar-refractivity contribution in [1.82, 2.24) is 0 Å². The van der Waals surface area contributed by atoms with Crippen molar-refractivity contribution < 1.29 is 9.90 Å². The minimum atomic E-state index is -0.946. The zero-order chi connectivity index (χ0) is 13.0. The van der Waals surface area contributed by atoms with E-state index >= 15 is 0 Å². The molecule has 0 aliphatic rings. The number of halogens is 1. The summed E-state index contributed by atoms with van der Waals surface area (Å²) in [6.45, 7) is 4.17. The van der Waals surface area contributed by atoms with Gasteiger partial charge in [0.25, 0.3) is 0 Å². The summed E-state index contributed by atoms with van der Waals surface area (Å²) in [7, 11) is 1.88. The molecule has 0 aliphatic carbocycles. The van der Waals surface area contributed by atoms with Crippen molar-refractivity contribution in [2.24, 2.45) is 0 Å². The number of hydrogen-bond donors (Lipinski definition) is 1. The first-order valence-corrected chi connectivity index (χ1v) is 6.11. The summed E-state index contributed by atoms with van der Waals surface area (Å²) in [6, 6.07) is 5.23. The Morgan fingerprint density at radius 3 is 2.71 bits per heavy atom. The standard InChI is InChI=1S/C13H18ClNO2/c1-4-6-9(2)15(3)12-10(13(16)17)7-5-8-11(12)14/h5,7-9H,4,6H2,1-3H3,(H,16,17). The van der Waals surface area contributed by atoms with Gasteiger partial charge in [-0.05, 0) is 25.5 Å². The van der Waals surface area contributed by atoms with Gasteiger partial charge < -0.3 is 10.0 Å². The maximum atomic E-state index is 11.2. The largest absolute Gasteiger partial charge is 0.478 e. The minimum absolute atomic E-state index is 0.253. The SMILES string of the molecule is CCCC(C)N(C)c1c(Cl)cccc1C(=O)O. The first kappa shape index (κ1) is 13.8. The highest BCUT2D eigenvalue weighted by Crippen LogP contribution is 2.31. The van der Waals surface area contributed by atoms with Gasteiger partial charge in [-0.1, -0.05) is 31.0 Å². The van der Waals surface area contributed by atoms with Crippen LogP contribution in [0.25, 0.3) is 0 Å². The van der Waals surface area contributed by atoms with Crippen LogP contribution in [-0.2, 0) is 0 Å². The maximum absolute atomic E-state index is 11.2. The second kappa shape index (κ2) is 5.92. The fourth-order valence-corrected chi connectivity index (χ4v) is 2.19. The third-order valence-corrected chi connectivity index (χ3v) is 3.24. The van der Waals surface area contributed by atoms with Crippen LogP contribution >= 0.6 is 11.6 Å². The predicted octanol–water partition coefficient (Wildman–Crippen LogP) is 3.66. The zero-order valence-electron chi connectivity index (χ0n) is 10.4. The van der Waals surface area contributed by atoms with Gasteiger partial charge in [-0.3, -0.25) is 0 Å². The smallest absolute Gasteiger partial charge is 0.337 e. The molecule has 0 saturated heterocycles. The fraction of sp³-hybridized carbons (Fsp3) is 0.462. The first-order chi connectivity index (χ1) is 7.99. The number of nitrogens with zero attached hydrogens (tertiary/aromatic N) is 1. The lowest BCUT2D eigenvalue weighted by molar-refractivity contribution is 0.0697. The average molecular weight is 256 g/mol. The molecule has 4 heteroatoms. The van der Waals surface area contributed by atoms with Crippen LogP contribution in [0.5, 0.6) is 0 Å². The van der Waals surface area contributed by atoms with Crippen molar-refractivity contribution in [3.05, 3.63) is 28.8 Å². The van der Waals surface area contributed by atoms with Crippen LogP contribution in [0.1, 0.15) is 37.0 Å². The molecule has 3 nitrogen and oxygen atoms in total. The van der Waals surface area contributed by atoms with Crippen LogP contribution in [-0.4, -0.2) is 24.2 Å². The normalized spacial score (nSPS) is 12.2. The second-order valence-corrected chi connectivity index (χ2v) is 4.60. The molecular formula is C13H18ClNO2. The predicted molar refractivity (Wildman–Crippen MR) is 71.2 cm³/mol. The topological polar surface area (TPSA) is 40.5 Å². The fourth-order valence-electron chi connectivity index (χ4n) is 1.88. The van der Waals surface area contributed by atoms with E-state index in [2.05, 4.69) is 13.8 Å². The van der Waals surface area contributed by atoms with Crippen LogP contribution < -0.4 is 4.90 Å². The number of anilines is 1. The Balaban J connectivity index is 3.15. The second-order valence-electron chi connectivity index (χ2n) is 4.19. The Kier molecular flexibility index (Phi) is 4.82. The number of carboxylic acids is 1. The van der Waals surface area contributed by atoms with Gasteiger partial charge in [0.1, 0.15) is 0 Å². The lowest BCUT2D eigenvalue weighted by Crippen LogP contribution is -2.30. The Morgan fingerprint density at radius 1 is 1.53 bits per heavy atom. The molecule has 1 aromatic rings. The number of carbonyl (C=O) groups is 1. The Hall–Kier alpha value is -1.22. The zero-order valence-corrected chi connectivity index (χ0v) is 11.2. The number of rotatable bonds is 5. The monoisotopic (exact) mass is 255 g/mol. The molecule has 0 amide bonds. The van der Waals surface area contributed by atoms with Crippen molar-refractivity contribution >= 4 is 23.3 Å². The molecule has 0 radical (unpaired) electrons. The maximum Gasteiger partial charge on any atom is 0.337 e. The van der Waals surface area contributed by atoms with E-state index in [0.29, 0.717) is 10.7 Å². The van der Waals surface area contributed by atoms with Gasteiger partial charge in [0.05, 0.1) is 16.3 Å². The van der Waals surface area contributed by atoms with Gasteiger partial charge in [-0.15, -0.1) is 0 Å². The molecule has 1 unspecified atom stereocenters. The van der Waals surface area contributed by atoms with Gasteiger partial charge in [-0.25, -0.2) is 4.79 Å². The molecule has 1 N–H and O–H groups in total. The van der Waals surface area contributed by atoms with Gasteiger partial charge in [0.15, 0.2) is 0 Å². The summed E-state index contributed by atoms with van der Waals surface area (Å²) in [5.74, 6) is -0.946. The average Bonchev–Trinajstić information content (AvgIpc) is 2.28. The third-order valence-electron chi connectivity index (χ3n) is 2.94. The van der Waals surface area contributed by atoms with Crippen molar-refractivity contribution in [3.8, 4) is 0 Å². The van der Waals surface area contributed by atoms with Crippen LogP contribution in [0.2, 0.25) is 5.02 Å². The van der Waals surface area contributed by atoms with Crippen LogP contribution in [0.15, 0.2) is 18.2 Å². The summed E-state index contributed by atoms with van der Waals surface area (Å²) in [5, 5.41) is 9.65. The highest BCUT2D eigenvalue weighted by atomic mass is 35.5. The molecular weight excluding hydrogens is 238 g/mol. The van der Waals surface area contributed by atoms with Crippen molar-refractivity contribution in [3.63, 3.8) is 0 Å². The molecule has 0 fully saturated rings. The van der Waals surface area contributed by atoms with Crippen molar-refractivity contribution in [2.45, 2.75) is 32.7 Å². The molecule has 0 saturated carbocycles. The van der Waals surface area contributed by atoms with Crippen LogP contribution in [0.3, 0.4) is 0 Å². The van der Waals surface area contributed by atoms with Crippen molar-refractivity contribution in [1.29, 1.82) is 0 Å². The van der Waals surface area contributed by atoms with Gasteiger partial charge in [0, 0.05) is 13.1 Å². The van der Waals surface area contributed by atoms with Crippen LogP contribution in [0, 0.1) is 0 Å². The van der Waals surface area contributed by atoms with E-state index in [1.165, 1.54) is 0 Å². The molecule has 0 aliphatic heterocycles. The van der Waals surface area contributed by atoms with E-state index in [4.69, 9.17) is 16.7 Å². The Morgan fingerprint density at radius 2 is 2.18 bits per heavy atom. The Bertz CT molecular complexity index is 406. The van der Waals surface area contributed by atoms with E-state index in [0.717, 1.165) is 12.8 Å².